The Morgan fingerprint density at radius 2 is 1.93 bits per heavy atom. The van der Waals surface area contributed by atoms with Crippen LogP contribution >= 0.6 is 11.3 Å². The molecule has 7 nitrogen and oxygen atoms in total. The maximum Gasteiger partial charge on any atom is 0.251 e. The number of benzene rings is 2. The second-order valence-electron chi connectivity index (χ2n) is 6.43. The number of carbonyl (C=O) groups is 1. The number of nitrogens with one attached hydrogen (secondary N) is 2. The lowest BCUT2D eigenvalue weighted by atomic mass is 10.1. The van der Waals surface area contributed by atoms with Crippen molar-refractivity contribution in [1.29, 1.82) is 0 Å². The molecule has 0 atom stereocenters. The Labute approximate surface area is 173 Å². The first-order valence-corrected chi connectivity index (χ1v) is 11.5. The molecule has 152 valence electrons. The van der Waals surface area contributed by atoms with Crippen molar-refractivity contribution in [2.75, 3.05) is 11.0 Å². The fourth-order valence-electron chi connectivity index (χ4n) is 2.58. The lowest BCUT2D eigenvalue weighted by Crippen LogP contribution is -2.22. The van der Waals surface area contributed by atoms with Crippen molar-refractivity contribution in [2.45, 2.75) is 20.1 Å². The molecule has 1 heterocycles. The quantitative estimate of drug-likeness (QED) is 0.570. The second-order valence-corrected chi connectivity index (χ2v) is 9.24. The zero-order chi connectivity index (χ0) is 20.9. The van der Waals surface area contributed by atoms with Gasteiger partial charge in [-0.15, -0.1) is 11.3 Å². The minimum absolute atomic E-state index is 0.229. The molecule has 0 saturated carbocycles. The van der Waals surface area contributed by atoms with Gasteiger partial charge in [0, 0.05) is 23.2 Å². The van der Waals surface area contributed by atoms with Gasteiger partial charge < -0.3 is 10.1 Å². The molecule has 0 unspecified atom stereocenters. The predicted molar refractivity (Wildman–Crippen MR) is 114 cm³/mol. The molecule has 0 fully saturated rings. The van der Waals surface area contributed by atoms with Crippen LogP contribution in [-0.2, 0) is 23.2 Å². The van der Waals surface area contributed by atoms with Crippen LogP contribution in [0.5, 0.6) is 5.75 Å². The van der Waals surface area contributed by atoms with Gasteiger partial charge in [-0.25, -0.2) is 13.4 Å². The molecule has 0 aliphatic rings. The summed E-state index contributed by atoms with van der Waals surface area (Å²) in [6.07, 6.45) is 1.09. The van der Waals surface area contributed by atoms with Gasteiger partial charge in [0.1, 0.15) is 12.4 Å². The van der Waals surface area contributed by atoms with Gasteiger partial charge in [0.05, 0.1) is 17.0 Å². The van der Waals surface area contributed by atoms with Crippen molar-refractivity contribution in [2.24, 2.45) is 0 Å². The Balaban J connectivity index is 1.53. The molecule has 3 aromatic rings. The number of amides is 1. The summed E-state index contributed by atoms with van der Waals surface area (Å²) < 4.78 is 30.7. The van der Waals surface area contributed by atoms with Crippen LogP contribution in [0.25, 0.3) is 0 Å². The molecule has 2 N–H and O–H groups in total. The highest BCUT2D eigenvalue weighted by atomic mass is 32.2. The SMILES string of the molecule is Cc1nc(COc2ccc(C(=O)NCc3cccc(NS(C)(=O)=O)c3)cc2)cs1. The van der Waals surface area contributed by atoms with Gasteiger partial charge in [0.25, 0.3) is 5.91 Å². The van der Waals surface area contributed by atoms with E-state index in [-0.39, 0.29) is 12.5 Å². The van der Waals surface area contributed by atoms with Crippen LogP contribution in [0.2, 0.25) is 0 Å². The number of sulfonamides is 1. The Morgan fingerprint density at radius 1 is 1.17 bits per heavy atom. The number of anilines is 1. The monoisotopic (exact) mass is 431 g/mol. The lowest BCUT2D eigenvalue weighted by molar-refractivity contribution is 0.0951. The molecule has 1 amide bonds. The van der Waals surface area contributed by atoms with Crippen molar-refractivity contribution < 1.29 is 17.9 Å². The third-order valence-corrected chi connectivity index (χ3v) is 5.28. The van der Waals surface area contributed by atoms with Gasteiger partial charge >= 0.3 is 0 Å². The van der Waals surface area contributed by atoms with Crippen LogP contribution in [0.15, 0.2) is 53.9 Å². The third-order valence-electron chi connectivity index (χ3n) is 3.85. The highest BCUT2D eigenvalue weighted by molar-refractivity contribution is 7.92. The summed E-state index contributed by atoms with van der Waals surface area (Å²) in [5.74, 6) is 0.430. The van der Waals surface area contributed by atoms with Crippen molar-refractivity contribution in [1.82, 2.24) is 10.3 Å². The smallest absolute Gasteiger partial charge is 0.251 e. The van der Waals surface area contributed by atoms with E-state index in [0.29, 0.717) is 23.6 Å². The number of rotatable bonds is 8. The molecule has 1 aromatic heterocycles. The Morgan fingerprint density at radius 3 is 2.59 bits per heavy atom. The summed E-state index contributed by atoms with van der Waals surface area (Å²) >= 11 is 1.58. The zero-order valence-corrected chi connectivity index (χ0v) is 17.6. The van der Waals surface area contributed by atoms with Crippen molar-refractivity contribution >= 4 is 33.0 Å². The van der Waals surface area contributed by atoms with Gasteiger partial charge in [0.15, 0.2) is 0 Å². The van der Waals surface area contributed by atoms with Crippen molar-refractivity contribution in [3.8, 4) is 5.75 Å². The van der Waals surface area contributed by atoms with Crippen LogP contribution in [-0.4, -0.2) is 25.6 Å². The van der Waals surface area contributed by atoms with Crippen LogP contribution < -0.4 is 14.8 Å². The van der Waals surface area contributed by atoms with E-state index >= 15 is 0 Å². The molecule has 0 spiro atoms. The summed E-state index contributed by atoms with van der Waals surface area (Å²) in [5.41, 5.74) is 2.62. The minimum Gasteiger partial charge on any atom is -0.487 e. The van der Waals surface area contributed by atoms with Gasteiger partial charge in [-0.3, -0.25) is 9.52 Å². The summed E-state index contributed by atoms with van der Waals surface area (Å²) in [7, 11) is -3.35. The summed E-state index contributed by atoms with van der Waals surface area (Å²) in [6, 6.07) is 13.7. The Bertz CT molecular complexity index is 1090. The molecule has 2 aromatic carbocycles. The number of hydrogen-bond donors (Lipinski definition) is 2. The topological polar surface area (TPSA) is 97.4 Å². The fraction of sp³-hybridized carbons (Fsp3) is 0.200. The molecular formula is C20H21N3O4S2. The maximum atomic E-state index is 12.4. The van der Waals surface area contributed by atoms with Crippen LogP contribution in [0.1, 0.15) is 26.6 Å². The molecule has 0 aliphatic carbocycles. The number of hydrogen-bond acceptors (Lipinski definition) is 6. The average molecular weight is 432 g/mol. The van der Waals surface area contributed by atoms with Gasteiger partial charge in [0.2, 0.25) is 10.0 Å². The molecule has 0 aliphatic heterocycles. The Kier molecular flexibility index (Phi) is 6.50. The fourth-order valence-corrected chi connectivity index (χ4v) is 3.73. The second kappa shape index (κ2) is 9.06. The molecular weight excluding hydrogens is 410 g/mol. The van der Waals surface area contributed by atoms with E-state index < -0.39 is 10.0 Å². The molecule has 0 bridgehead atoms. The number of aryl methyl sites for hydroxylation is 1. The van der Waals surface area contributed by atoms with E-state index in [9.17, 15) is 13.2 Å². The molecule has 9 heteroatoms. The Hall–Kier alpha value is -2.91. The van der Waals surface area contributed by atoms with Crippen LogP contribution in [0.3, 0.4) is 0 Å². The summed E-state index contributed by atoms with van der Waals surface area (Å²) in [4.78, 5) is 16.7. The molecule has 29 heavy (non-hydrogen) atoms. The normalized spacial score (nSPS) is 11.1. The van der Waals surface area contributed by atoms with Crippen molar-refractivity contribution in [3.63, 3.8) is 0 Å². The van der Waals surface area contributed by atoms with E-state index in [1.807, 2.05) is 18.4 Å². The van der Waals surface area contributed by atoms with Gasteiger partial charge in [-0.2, -0.15) is 0 Å². The number of carbonyl (C=O) groups excluding carboxylic acids is 1. The number of aromatic nitrogens is 1. The lowest BCUT2D eigenvalue weighted by Gasteiger charge is -2.09. The number of ether oxygens (including phenoxy) is 1. The van der Waals surface area contributed by atoms with E-state index in [1.54, 1.807) is 53.8 Å². The minimum atomic E-state index is -3.35. The number of nitrogens with zero attached hydrogens (tertiary/aromatic N) is 1. The first kappa shape index (κ1) is 20.8. The number of thiazole rings is 1. The van der Waals surface area contributed by atoms with E-state index in [4.69, 9.17) is 4.74 Å². The summed E-state index contributed by atoms with van der Waals surface area (Å²) in [6.45, 7) is 2.60. The summed E-state index contributed by atoms with van der Waals surface area (Å²) in [5, 5.41) is 5.77. The van der Waals surface area contributed by atoms with E-state index in [1.165, 1.54) is 0 Å². The highest BCUT2D eigenvalue weighted by Crippen LogP contribution is 2.16. The van der Waals surface area contributed by atoms with Gasteiger partial charge in [-0.05, 0) is 48.9 Å². The third kappa shape index (κ3) is 6.58. The molecule has 3 rings (SSSR count). The first-order valence-electron chi connectivity index (χ1n) is 8.77. The van der Waals surface area contributed by atoms with Crippen LogP contribution in [0, 0.1) is 6.92 Å². The van der Waals surface area contributed by atoms with Crippen molar-refractivity contribution in [3.05, 3.63) is 75.7 Å². The maximum absolute atomic E-state index is 12.4. The zero-order valence-electron chi connectivity index (χ0n) is 16.0. The largest absolute Gasteiger partial charge is 0.487 e. The predicted octanol–water partition coefficient (Wildman–Crippen LogP) is 3.33. The van der Waals surface area contributed by atoms with E-state index in [0.717, 1.165) is 22.5 Å². The standard InChI is InChI=1S/C20H21N3O4S2/c1-14-22-18(13-28-14)12-27-19-8-6-16(7-9-19)20(24)21-11-15-4-3-5-17(10-15)23-29(2,25)26/h3-10,13,23H,11-12H2,1-2H3,(H,21,24). The average Bonchev–Trinajstić information content (AvgIpc) is 3.09. The van der Waals surface area contributed by atoms with E-state index in [2.05, 4.69) is 15.0 Å². The molecule has 0 saturated heterocycles. The highest BCUT2D eigenvalue weighted by Gasteiger charge is 2.07. The molecule has 0 radical (unpaired) electrons. The first-order chi connectivity index (χ1) is 13.8. The van der Waals surface area contributed by atoms with Gasteiger partial charge in [-0.1, -0.05) is 12.1 Å². The van der Waals surface area contributed by atoms with Crippen LogP contribution in [0.4, 0.5) is 5.69 Å².